The molecule has 1 aliphatic heterocycles. The van der Waals surface area contributed by atoms with Crippen molar-refractivity contribution in [3.63, 3.8) is 0 Å². The van der Waals surface area contributed by atoms with Gasteiger partial charge < -0.3 is 4.90 Å². The molecule has 0 spiro atoms. The predicted molar refractivity (Wildman–Crippen MR) is 60.2 cm³/mol. The zero-order valence-electron chi connectivity index (χ0n) is 7.63. The number of nitrogens with zero attached hydrogens (tertiary/aromatic N) is 1. The summed E-state index contributed by atoms with van der Waals surface area (Å²) in [6.45, 7) is 4.23. The molecule has 1 nitrogen and oxygen atoms in total. The molecule has 1 aromatic rings. The Hall–Kier alpha value is -0.760. The molecule has 2 rings (SSSR count). The Bertz CT molecular complexity index is 336. The average molecular weight is 238 g/mol. The Labute approximate surface area is 87.2 Å². The first-order valence-corrected chi connectivity index (χ1v) is 5.23. The fraction of sp³-hybridized carbons (Fsp3) is 0.273. The highest BCUT2D eigenvalue weighted by molar-refractivity contribution is 9.10. The van der Waals surface area contributed by atoms with E-state index in [1.54, 1.807) is 0 Å². The summed E-state index contributed by atoms with van der Waals surface area (Å²) in [5.41, 5.74) is 2.66. The molecule has 0 N–H and O–H groups in total. The number of hydrogen-bond donors (Lipinski definition) is 0. The number of anilines is 1. The van der Waals surface area contributed by atoms with Crippen LogP contribution < -0.4 is 4.90 Å². The smallest absolute Gasteiger partial charge is 0.0412 e. The van der Waals surface area contributed by atoms with Gasteiger partial charge in [-0.2, -0.15) is 0 Å². The van der Waals surface area contributed by atoms with E-state index in [1.807, 2.05) is 0 Å². The predicted octanol–water partition coefficient (Wildman–Crippen LogP) is 3.13. The molecular weight excluding hydrogens is 226 g/mol. The minimum atomic E-state index is 1.04. The van der Waals surface area contributed by atoms with Crippen LogP contribution in [0.5, 0.6) is 0 Å². The second-order valence-electron chi connectivity index (χ2n) is 3.26. The third kappa shape index (κ3) is 1.63. The van der Waals surface area contributed by atoms with Crippen molar-refractivity contribution >= 4 is 21.6 Å². The van der Waals surface area contributed by atoms with Gasteiger partial charge in [0.1, 0.15) is 0 Å². The van der Waals surface area contributed by atoms with Gasteiger partial charge in [-0.3, -0.25) is 0 Å². The summed E-state index contributed by atoms with van der Waals surface area (Å²) in [5, 5.41) is 0. The van der Waals surface area contributed by atoms with Crippen molar-refractivity contribution in [1.29, 1.82) is 0 Å². The fourth-order valence-electron chi connectivity index (χ4n) is 1.61. The van der Waals surface area contributed by atoms with Crippen LogP contribution in [0.3, 0.4) is 0 Å². The van der Waals surface area contributed by atoms with Gasteiger partial charge in [0.25, 0.3) is 0 Å². The minimum absolute atomic E-state index is 1.04. The van der Waals surface area contributed by atoms with Gasteiger partial charge in [0, 0.05) is 23.2 Å². The van der Waals surface area contributed by atoms with Gasteiger partial charge in [-0.25, -0.2) is 0 Å². The molecule has 0 fully saturated rings. The molecule has 0 aromatic heterocycles. The topological polar surface area (TPSA) is 3.24 Å². The van der Waals surface area contributed by atoms with Crippen molar-refractivity contribution in [3.05, 3.63) is 40.4 Å². The summed E-state index contributed by atoms with van der Waals surface area (Å²) in [6.07, 6.45) is 4.42. The van der Waals surface area contributed by atoms with Crippen molar-refractivity contribution in [3.8, 4) is 0 Å². The largest absolute Gasteiger partial charge is 0.364 e. The maximum atomic E-state index is 3.55. The van der Waals surface area contributed by atoms with Crippen molar-refractivity contribution in [2.24, 2.45) is 0 Å². The van der Waals surface area contributed by atoms with Gasteiger partial charge in [0.05, 0.1) is 0 Å². The third-order valence-corrected chi connectivity index (χ3v) is 3.26. The van der Waals surface area contributed by atoms with E-state index in [1.165, 1.54) is 15.7 Å². The van der Waals surface area contributed by atoms with Crippen LogP contribution in [0.2, 0.25) is 0 Å². The summed E-state index contributed by atoms with van der Waals surface area (Å²) in [7, 11) is 0. The summed E-state index contributed by atoms with van der Waals surface area (Å²) in [4.78, 5) is 2.36. The van der Waals surface area contributed by atoms with Gasteiger partial charge >= 0.3 is 0 Å². The summed E-state index contributed by atoms with van der Waals surface area (Å²) in [6, 6.07) is 6.35. The maximum Gasteiger partial charge on any atom is 0.0412 e. The van der Waals surface area contributed by atoms with E-state index in [9.17, 15) is 0 Å². The van der Waals surface area contributed by atoms with Crippen LogP contribution in [-0.2, 0) is 0 Å². The quantitative estimate of drug-likeness (QED) is 0.679. The van der Waals surface area contributed by atoms with Crippen LogP contribution in [-0.4, -0.2) is 13.1 Å². The number of benzene rings is 1. The highest BCUT2D eigenvalue weighted by atomic mass is 79.9. The van der Waals surface area contributed by atoms with Gasteiger partial charge in [0.2, 0.25) is 0 Å². The third-order valence-electron chi connectivity index (χ3n) is 2.40. The van der Waals surface area contributed by atoms with E-state index < -0.39 is 0 Å². The molecule has 68 valence electrons. The highest BCUT2D eigenvalue weighted by Gasteiger charge is 2.10. The molecule has 13 heavy (non-hydrogen) atoms. The first-order chi connectivity index (χ1) is 6.29. The Morgan fingerprint density at radius 3 is 2.62 bits per heavy atom. The molecule has 0 amide bonds. The molecule has 0 bridgehead atoms. The average Bonchev–Trinajstić information content (AvgIpc) is 2.62. The Balaban J connectivity index is 2.34. The van der Waals surface area contributed by atoms with E-state index >= 15 is 0 Å². The van der Waals surface area contributed by atoms with Crippen molar-refractivity contribution in [2.75, 3.05) is 18.0 Å². The zero-order valence-corrected chi connectivity index (χ0v) is 9.21. The van der Waals surface area contributed by atoms with Crippen molar-refractivity contribution in [1.82, 2.24) is 0 Å². The van der Waals surface area contributed by atoms with Gasteiger partial charge in [-0.15, -0.1) is 0 Å². The second-order valence-corrected chi connectivity index (χ2v) is 4.11. The SMILES string of the molecule is Cc1c(Br)cccc1N1CC=CC1. The lowest BCUT2D eigenvalue weighted by atomic mass is 10.2. The standard InChI is InChI=1S/C11H12BrN/c1-9-10(12)5-4-6-11(9)13-7-2-3-8-13/h2-6H,7-8H2,1H3. The molecule has 0 radical (unpaired) electrons. The van der Waals surface area contributed by atoms with E-state index in [0.717, 1.165) is 13.1 Å². The van der Waals surface area contributed by atoms with Gasteiger partial charge in [0.15, 0.2) is 0 Å². The van der Waals surface area contributed by atoms with Crippen LogP contribution in [0.15, 0.2) is 34.8 Å². The molecule has 1 heterocycles. The first kappa shape index (κ1) is 8.82. The van der Waals surface area contributed by atoms with E-state index in [2.05, 4.69) is 58.1 Å². The van der Waals surface area contributed by atoms with Gasteiger partial charge in [-0.05, 0) is 24.6 Å². The molecule has 0 unspecified atom stereocenters. The Morgan fingerprint density at radius 1 is 1.23 bits per heavy atom. The van der Waals surface area contributed by atoms with Crippen LogP contribution in [0.25, 0.3) is 0 Å². The lowest BCUT2D eigenvalue weighted by Crippen LogP contribution is -2.19. The number of rotatable bonds is 1. The molecule has 0 atom stereocenters. The van der Waals surface area contributed by atoms with Crippen LogP contribution in [0, 0.1) is 6.92 Å². The number of hydrogen-bond acceptors (Lipinski definition) is 1. The van der Waals surface area contributed by atoms with Crippen molar-refractivity contribution < 1.29 is 0 Å². The maximum absolute atomic E-state index is 3.55. The monoisotopic (exact) mass is 237 g/mol. The summed E-state index contributed by atoms with van der Waals surface area (Å²) >= 11 is 3.55. The lowest BCUT2D eigenvalue weighted by Gasteiger charge is -2.20. The minimum Gasteiger partial charge on any atom is -0.364 e. The van der Waals surface area contributed by atoms with Crippen molar-refractivity contribution in [2.45, 2.75) is 6.92 Å². The normalized spacial score (nSPS) is 15.4. The van der Waals surface area contributed by atoms with E-state index in [4.69, 9.17) is 0 Å². The Kier molecular flexibility index (Phi) is 2.40. The number of halogens is 1. The van der Waals surface area contributed by atoms with E-state index in [-0.39, 0.29) is 0 Å². The molecule has 0 saturated heterocycles. The fourth-order valence-corrected chi connectivity index (χ4v) is 1.97. The molecule has 1 aliphatic rings. The first-order valence-electron chi connectivity index (χ1n) is 4.44. The lowest BCUT2D eigenvalue weighted by molar-refractivity contribution is 0.996. The van der Waals surface area contributed by atoms with Gasteiger partial charge in [-0.1, -0.05) is 34.1 Å². The molecule has 0 saturated carbocycles. The second kappa shape index (κ2) is 3.54. The summed E-state index contributed by atoms with van der Waals surface area (Å²) in [5.74, 6) is 0. The molecule has 2 heteroatoms. The van der Waals surface area contributed by atoms with Crippen LogP contribution in [0.1, 0.15) is 5.56 Å². The summed E-state index contributed by atoms with van der Waals surface area (Å²) < 4.78 is 1.19. The van der Waals surface area contributed by atoms with Crippen LogP contribution in [0.4, 0.5) is 5.69 Å². The molecular formula is C11H12BrN. The van der Waals surface area contributed by atoms with Crippen LogP contribution >= 0.6 is 15.9 Å². The Morgan fingerprint density at radius 2 is 1.92 bits per heavy atom. The zero-order chi connectivity index (χ0) is 9.26. The molecule has 1 aromatic carbocycles. The van der Waals surface area contributed by atoms with E-state index in [0.29, 0.717) is 0 Å². The molecule has 0 aliphatic carbocycles. The highest BCUT2D eigenvalue weighted by Crippen LogP contribution is 2.27.